The van der Waals surface area contributed by atoms with Gasteiger partial charge >= 0.3 is 6.09 Å². The van der Waals surface area contributed by atoms with E-state index in [0.717, 1.165) is 0 Å². The number of carbonyl (C=O) groups excluding carboxylic acids is 3. The van der Waals surface area contributed by atoms with Gasteiger partial charge < -0.3 is 20.3 Å². The van der Waals surface area contributed by atoms with E-state index in [1.807, 2.05) is 20.8 Å². The minimum atomic E-state index is -0.539. The maximum atomic E-state index is 12.3. The fourth-order valence-corrected chi connectivity index (χ4v) is 2.83. The molecule has 1 aliphatic heterocycles. The topological polar surface area (TPSA) is 87.7 Å². The van der Waals surface area contributed by atoms with E-state index in [9.17, 15) is 14.4 Å². The standard InChI is InChI=1S/C19H26ClN3O4/c1-19(2,3)27-18(26)23-10-8-13(9-11-23)17(25)21-12-16(24)22-15-6-4-14(20)5-7-15/h4-7,13H,8-12H2,1-3H3,(H,21,25)(H,22,24). The summed E-state index contributed by atoms with van der Waals surface area (Å²) >= 11 is 5.80. The Labute approximate surface area is 164 Å². The van der Waals surface area contributed by atoms with Crippen LogP contribution in [0.25, 0.3) is 0 Å². The average molecular weight is 396 g/mol. The minimum Gasteiger partial charge on any atom is -0.444 e. The van der Waals surface area contributed by atoms with Crippen molar-refractivity contribution in [2.45, 2.75) is 39.2 Å². The molecule has 0 radical (unpaired) electrons. The van der Waals surface area contributed by atoms with Crippen molar-refractivity contribution in [1.29, 1.82) is 0 Å². The highest BCUT2D eigenvalue weighted by atomic mass is 35.5. The summed E-state index contributed by atoms with van der Waals surface area (Å²) in [6.45, 7) is 6.28. The Morgan fingerprint density at radius 1 is 1.15 bits per heavy atom. The van der Waals surface area contributed by atoms with E-state index in [1.165, 1.54) is 0 Å². The first-order valence-corrected chi connectivity index (χ1v) is 9.33. The number of amides is 3. The van der Waals surface area contributed by atoms with Crippen molar-refractivity contribution in [3.63, 3.8) is 0 Å². The number of anilines is 1. The molecule has 1 fully saturated rings. The number of benzene rings is 1. The van der Waals surface area contributed by atoms with Crippen LogP contribution >= 0.6 is 11.6 Å². The number of halogens is 1. The summed E-state index contributed by atoms with van der Waals surface area (Å²) in [6.07, 6.45) is 0.733. The molecule has 1 aromatic rings. The van der Waals surface area contributed by atoms with Gasteiger partial charge in [-0.05, 0) is 57.9 Å². The molecular formula is C19H26ClN3O4. The molecule has 0 aliphatic carbocycles. The van der Waals surface area contributed by atoms with Crippen LogP contribution in [0.5, 0.6) is 0 Å². The lowest BCUT2D eigenvalue weighted by Crippen LogP contribution is -2.45. The second-order valence-corrected chi connectivity index (χ2v) is 7.95. The average Bonchev–Trinajstić information content (AvgIpc) is 2.60. The van der Waals surface area contributed by atoms with Gasteiger partial charge in [0.15, 0.2) is 0 Å². The Bertz CT molecular complexity index is 677. The van der Waals surface area contributed by atoms with Crippen molar-refractivity contribution in [3.8, 4) is 0 Å². The van der Waals surface area contributed by atoms with Gasteiger partial charge in [0.25, 0.3) is 0 Å². The summed E-state index contributed by atoms with van der Waals surface area (Å²) in [5.41, 5.74) is 0.0762. The van der Waals surface area contributed by atoms with Crippen molar-refractivity contribution in [2.75, 3.05) is 25.0 Å². The normalized spacial score (nSPS) is 15.2. The lowest BCUT2D eigenvalue weighted by Gasteiger charge is -2.32. The predicted molar refractivity (Wildman–Crippen MR) is 104 cm³/mol. The molecule has 1 saturated heterocycles. The fraction of sp³-hybridized carbons (Fsp3) is 0.526. The van der Waals surface area contributed by atoms with Gasteiger partial charge in [-0.1, -0.05) is 11.6 Å². The first kappa shape index (κ1) is 21.0. The molecule has 0 aromatic heterocycles. The number of rotatable bonds is 4. The summed E-state index contributed by atoms with van der Waals surface area (Å²) in [5, 5.41) is 5.93. The van der Waals surface area contributed by atoms with Crippen molar-refractivity contribution in [3.05, 3.63) is 29.3 Å². The highest BCUT2D eigenvalue weighted by molar-refractivity contribution is 6.30. The van der Waals surface area contributed by atoms with E-state index in [0.29, 0.717) is 36.6 Å². The predicted octanol–water partition coefficient (Wildman–Crippen LogP) is 3.04. The molecule has 3 amide bonds. The van der Waals surface area contributed by atoms with Gasteiger partial charge in [-0.25, -0.2) is 4.79 Å². The van der Waals surface area contributed by atoms with Gasteiger partial charge in [0.2, 0.25) is 11.8 Å². The largest absolute Gasteiger partial charge is 0.444 e. The van der Waals surface area contributed by atoms with Crippen LogP contribution in [0.1, 0.15) is 33.6 Å². The van der Waals surface area contributed by atoms with E-state index >= 15 is 0 Å². The van der Waals surface area contributed by atoms with Crippen molar-refractivity contribution in [1.82, 2.24) is 10.2 Å². The maximum absolute atomic E-state index is 12.3. The molecule has 1 heterocycles. The van der Waals surface area contributed by atoms with Gasteiger partial charge in [0, 0.05) is 29.7 Å². The Hall–Kier alpha value is -2.28. The molecular weight excluding hydrogens is 370 g/mol. The molecule has 27 heavy (non-hydrogen) atoms. The Kier molecular flexibility index (Phi) is 7.07. The van der Waals surface area contributed by atoms with Gasteiger partial charge in [-0.2, -0.15) is 0 Å². The minimum absolute atomic E-state index is 0.103. The first-order valence-electron chi connectivity index (χ1n) is 8.95. The number of nitrogens with zero attached hydrogens (tertiary/aromatic N) is 1. The Morgan fingerprint density at radius 2 is 1.74 bits per heavy atom. The van der Waals surface area contributed by atoms with Gasteiger partial charge in [-0.15, -0.1) is 0 Å². The first-order chi connectivity index (χ1) is 12.6. The van der Waals surface area contributed by atoms with Crippen LogP contribution in [0.15, 0.2) is 24.3 Å². The summed E-state index contributed by atoms with van der Waals surface area (Å²) in [4.78, 5) is 37.8. The number of carbonyl (C=O) groups is 3. The summed E-state index contributed by atoms with van der Waals surface area (Å²) in [6, 6.07) is 6.73. The van der Waals surface area contributed by atoms with E-state index < -0.39 is 5.60 Å². The summed E-state index contributed by atoms with van der Waals surface area (Å²) < 4.78 is 5.34. The Balaban J connectivity index is 1.72. The van der Waals surface area contributed by atoms with Gasteiger partial charge in [-0.3, -0.25) is 9.59 Å². The maximum Gasteiger partial charge on any atom is 0.410 e. The van der Waals surface area contributed by atoms with Crippen LogP contribution in [0.3, 0.4) is 0 Å². The van der Waals surface area contributed by atoms with Crippen LogP contribution in [-0.4, -0.2) is 48.0 Å². The zero-order chi connectivity index (χ0) is 20.0. The molecule has 1 aliphatic rings. The molecule has 2 N–H and O–H groups in total. The molecule has 148 valence electrons. The van der Waals surface area contributed by atoms with E-state index in [1.54, 1.807) is 29.2 Å². The summed E-state index contributed by atoms with van der Waals surface area (Å²) in [7, 11) is 0. The molecule has 1 aromatic carbocycles. The summed E-state index contributed by atoms with van der Waals surface area (Å²) in [5.74, 6) is -0.700. The number of hydrogen-bond donors (Lipinski definition) is 2. The third kappa shape index (κ3) is 7.09. The van der Waals surface area contributed by atoms with Crippen LogP contribution in [0.4, 0.5) is 10.5 Å². The van der Waals surface area contributed by atoms with Crippen LogP contribution in [0.2, 0.25) is 5.02 Å². The highest BCUT2D eigenvalue weighted by Gasteiger charge is 2.29. The third-order valence-corrected chi connectivity index (χ3v) is 4.32. The Morgan fingerprint density at radius 3 is 2.30 bits per heavy atom. The van der Waals surface area contributed by atoms with Crippen molar-refractivity contribution < 1.29 is 19.1 Å². The number of likely N-dealkylation sites (tertiary alicyclic amines) is 1. The quantitative estimate of drug-likeness (QED) is 0.820. The molecule has 2 rings (SSSR count). The molecule has 0 atom stereocenters. The molecule has 0 unspecified atom stereocenters. The van der Waals surface area contributed by atoms with E-state index in [4.69, 9.17) is 16.3 Å². The number of ether oxygens (including phenoxy) is 1. The highest BCUT2D eigenvalue weighted by Crippen LogP contribution is 2.20. The molecule has 0 bridgehead atoms. The third-order valence-electron chi connectivity index (χ3n) is 4.07. The SMILES string of the molecule is CC(C)(C)OC(=O)N1CCC(C(=O)NCC(=O)Nc2ccc(Cl)cc2)CC1. The second-order valence-electron chi connectivity index (χ2n) is 7.51. The van der Waals surface area contributed by atoms with Crippen LogP contribution < -0.4 is 10.6 Å². The molecule has 0 saturated carbocycles. The smallest absolute Gasteiger partial charge is 0.410 e. The van der Waals surface area contributed by atoms with Crippen LogP contribution in [0, 0.1) is 5.92 Å². The number of hydrogen-bond acceptors (Lipinski definition) is 4. The number of nitrogens with one attached hydrogen (secondary N) is 2. The zero-order valence-electron chi connectivity index (χ0n) is 15.9. The van der Waals surface area contributed by atoms with Crippen molar-refractivity contribution >= 4 is 35.2 Å². The van der Waals surface area contributed by atoms with Gasteiger partial charge in [0.05, 0.1) is 6.54 Å². The fourth-order valence-electron chi connectivity index (χ4n) is 2.70. The van der Waals surface area contributed by atoms with Gasteiger partial charge in [0.1, 0.15) is 5.60 Å². The van der Waals surface area contributed by atoms with E-state index in [2.05, 4.69) is 10.6 Å². The monoisotopic (exact) mass is 395 g/mol. The molecule has 7 nitrogen and oxygen atoms in total. The van der Waals surface area contributed by atoms with Crippen molar-refractivity contribution in [2.24, 2.45) is 5.92 Å². The molecule has 8 heteroatoms. The van der Waals surface area contributed by atoms with Crippen LogP contribution in [-0.2, 0) is 14.3 Å². The lowest BCUT2D eigenvalue weighted by molar-refractivity contribution is -0.128. The number of piperidine rings is 1. The zero-order valence-corrected chi connectivity index (χ0v) is 16.6. The lowest BCUT2D eigenvalue weighted by atomic mass is 9.96. The second kappa shape index (κ2) is 9.08. The van der Waals surface area contributed by atoms with E-state index in [-0.39, 0.29) is 30.4 Å². The molecule has 0 spiro atoms.